The van der Waals surface area contributed by atoms with Gasteiger partial charge in [-0.2, -0.15) is 0 Å². The first-order chi connectivity index (χ1) is 7.60. The molecule has 2 heterocycles. The van der Waals surface area contributed by atoms with Gasteiger partial charge in [-0.1, -0.05) is 11.6 Å². The first kappa shape index (κ1) is 11.6. The van der Waals surface area contributed by atoms with Gasteiger partial charge in [0.15, 0.2) is 0 Å². The van der Waals surface area contributed by atoms with Gasteiger partial charge in [0, 0.05) is 26.3 Å². The molecular weight excluding hydrogens is 230 g/mol. The van der Waals surface area contributed by atoms with Crippen LogP contribution in [0.4, 0.5) is 5.82 Å². The summed E-state index contributed by atoms with van der Waals surface area (Å²) in [4.78, 5) is 10.2. The molecule has 1 saturated heterocycles. The summed E-state index contributed by atoms with van der Waals surface area (Å²) in [6, 6.07) is 1.69. The van der Waals surface area contributed by atoms with Gasteiger partial charge in [-0.3, -0.25) is 0 Å². The lowest BCUT2D eigenvalue weighted by molar-refractivity contribution is 0.0217. The molecule has 1 N–H and O–H groups in total. The minimum absolute atomic E-state index is 0.172. The number of aryl methyl sites for hydroxylation is 1. The Morgan fingerprint density at radius 2 is 2.25 bits per heavy atom. The SMILES string of the molecule is CO[C@@H]1CN(c2cc(Cl)nc(C)n2)C[C@@H]1O. The third-order valence-corrected chi connectivity index (χ3v) is 2.85. The summed E-state index contributed by atoms with van der Waals surface area (Å²) in [5, 5.41) is 10.1. The fraction of sp³-hybridized carbons (Fsp3) is 0.600. The lowest BCUT2D eigenvalue weighted by atomic mass is 10.3. The van der Waals surface area contributed by atoms with Crippen LogP contribution in [0, 0.1) is 6.92 Å². The number of methoxy groups -OCH3 is 1. The molecule has 0 aliphatic carbocycles. The van der Waals surface area contributed by atoms with E-state index < -0.39 is 6.10 Å². The van der Waals surface area contributed by atoms with E-state index in [2.05, 4.69) is 9.97 Å². The Morgan fingerprint density at radius 3 is 2.81 bits per heavy atom. The van der Waals surface area contributed by atoms with E-state index in [-0.39, 0.29) is 6.10 Å². The molecule has 2 rings (SSSR count). The highest BCUT2D eigenvalue weighted by molar-refractivity contribution is 6.29. The van der Waals surface area contributed by atoms with Gasteiger partial charge < -0.3 is 14.7 Å². The van der Waals surface area contributed by atoms with Gasteiger partial charge in [0.1, 0.15) is 22.9 Å². The molecule has 6 heteroatoms. The van der Waals surface area contributed by atoms with Crippen molar-refractivity contribution in [2.24, 2.45) is 0 Å². The number of aromatic nitrogens is 2. The highest BCUT2D eigenvalue weighted by Crippen LogP contribution is 2.22. The maximum Gasteiger partial charge on any atom is 0.134 e. The highest BCUT2D eigenvalue weighted by Gasteiger charge is 2.32. The van der Waals surface area contributed by atoms with Gasteiger partial charge in [0.2, 0.25) is 0 Å². The zero-order valence-corrected chi connectivity index (χ0v) is 9.98. The third kappa shape index (κ3) is 2.26. The first-order valence-electron chi connectivity index (χ1n) is 5.07. The fourth-order valence-electron chi connectivity index (χ4n) is 1.85. The summed E-state index contributed by atoms with van der Waals surface area (Å²) in [7, 11) is 1.59. The Hall–Kier alpha value is -0.910. The number of ether oxygens (including phenoxy) is 1. The molecule has 1 fully saturated rings. The standard InChI is InChI=1S/C10H14ClN3O2/c1-6-12-9(11)3-10(13-6)14-4-7(15)8(5-14)16-2/h3,7-8,15H,4-5H2,1-2H3/t7-,8+/m0/s1. The van der Waals surface area contributed by atoms with Crippen molar-refractivity contribution < 1.29 is 9.84 Å². The van der Waals surface area contributed by atoms with Gasteiger partial charge in [-0.15, -0.1) is 0 Å². The summed E-state index contributed by atoms with van der Waals surface area (Å²) in [5.41, 5.74) is 0. The number of aliphatic hydroxyl groups excluding tert-OH is 1. The van der Waals surface area contributed by atoms with E-state index >= 15 is 0 Å². The predicted octanol–water partition coefficient (Wildman–Crippen LogP) is 0.634. The Morgan fingerprint density at radius 1 is 1.50 bits per heavy atom. The quantitative estimate of drug-likeness (QED) is 0.773. The molecule has 1 aliphatic rings. The number of hydrogen-bond donors (Lipinski definition) is 1. The second-order valence-corrected chi connectivity index (χ2v) is 4.23. The maximum absolute atomic E-state index is 9.72. The predicted molar refractivity (Wildman–Crippen MR) is 60.8 cm³/mol. The molecule has 0 aromatic carbocycles. The van der Waals surface area contributed by atoms with Crippen LogP contribution >= 0.6 is 11.6 Å². The zero-order chi connectivity index (χ0) is 11.7. The van der Waals surface area contributed by atoms with E-state index in [1.54, 1.807) is 20.1 Å². The number of rotatable bonds is 2. The van der Waals surface area contributed by atoms with E-state index in [4.69, 9.17) is 16.3 Å². The largest absolute Gasteiger partial charge is 0.388 e. The molecule has 0 radical (unpaired) electrons. The monoisotopic (exact) mass is 243 g/mol. The molecule has 5 nitrogen and oxygen atoms in total. The molecule has 0 bridgehead atoms. The highest BCUT2D eigenvalue weighted by atomic mass is 35.5. The van der Waals surface area contributed by atoms with Gasteiger partial charge in [0.05, 0.1) is 6.10 Å². The molecular formula is C10H14ClN3O2. The maximum atomic E-state index is 9.72. The van der Waals surface area contributed by atoms with Gasteiger partial charge in [-0.05, 0) is 6.92 Å². The number of anilines is 1. The molecule has 2 atom stereocenters. The molecule has 1 aromatic heterocycles. The van der Waals surface area contributed by atoms with Crippen LogP contribution in [0.25, 0.3) is 0 Å². The van der Waals surface area contributed by atoms with Crippen LogP contribution in [0.2, 0.25) is 5.15 Å². The van der Waals surface area contributed by atoms with Crippen LogP contribution in [0.1, 0.15) is 5.82 Å². The minimum Gasteiger partial charge on any atom is -0.388 e. The van der Waals surface area contributed by atoms with Crippen LogP contribution in [0.15, 0.2) is 6.07 Å². The summed E-state index contributed by atoms with van der Waals surface area (Å²) >= 11 is 5.86. The molecule has 0 unspecified atom stereocenters. The van der Waals surface area contributed by atoms with Crippen molar-refractivity contribution in [3.05, 3.63) is 17.0 Å². The zero-order valence-electron chi connectivity index (χ0n) is 9.22. The van der Waals surface area contributed by atoms with Crippen molar-refractivity contribution >= 4 is 17.4 Å². The van der Waals surface area contributed by atoms with Gasteiger partial charge in [0.25, 0.3) is 0 Å². The van der Waals surface area contributed by atoms with Crippen molar-refractivity contribution in [3.63, 3.8) is 0 Å². The smallest absolute Gasteiger partial charge is 0.134 e. The summed E-state index contributed by atoms with van der Waals surface area (Å²) in [5.74, 6) is 1.36. The van der Waals surface area contributed by atoms with E-state index in [9.17, 15) is 5.11 Å². The van der Waals surface area contributed by atoms with E-state index in [1.807, 2.05) is 4.90 Å². The number of nitrogens with zero attached hydrogens (tertiary/aromatic N) is 3. The van der Waals surface area contributed by atoms with E-state index in [0.717, 1.165) is 5.82 Å². The Balaban J connectivity index is 2.19. The normalized spacial score (nSPS) is 25.1. The van der Waals surface area contributed by atoms with Crippen molar-refractivity contribution in [2.75, 3.05) is 25.1 Å². The molecule has 0 amide bonds. The molecule has 0 saturated carbocycles. The van der Waals surface area contributed by atoms with Crippen molar-refractivity contribution in [1.29, 1.82) is 0 Å². The third-order valence-electron chi connectivity index (χ3n) is 2.66. The van der Waals surface area contributed by atoms with Crippen LogP contribution in [-0.2, 0) is 4.74 Å². The van der Waals surface area contributed by atoms with E-state index in [1.165, 1.54) is 0 Å². The van der Waals surface area contributed by atoms with Crippen LogP contribution < -0.4 is 4.90 Å². The van der Waals surface area contributed by atoms with Crippen LogP contribution in [0.5, 0.6) is 0 Å². The molecule has 88 valence electrons. The first-order valence-corrected chi connectivity index (χ1v) is 5.45. The van der Waals surface area contributed by atoms with Crippen molar-refractivity contribution in [2.45, 2.75) is 19.1 Å². The number of β-amino-alcohol motifs (C(OH)–C–C–N with tert-alkyl or cyclic N) is 1. The van der Waals surface area contributed by atoms with Crippen LogP contribution in [-0.4, -0.2) is 47.5 Å². The Bertz CT molecular complexity index is 368. The fourth-order valence-corrected chi connectivity index (χ4v) is 2.07. The van der Waals surface area contributed by atoms with Crippen molar-refractivity contribution in [3.8, 4) is 0 Å². The number of halogens is 1. The van der Waals surface area contributed by atoms with Crippen molar-refractivity contribution in [1.82, 2.24) is 9.97 Å². The second-order valence-electron chi connectivity index (χ2n) is 3.84. The number of aliphatic hydroxyl groups is 1. The Kier molecular flexibility index (Phi) is 3.28. The second kappa shape index (κ2) is 4.53. The topological polar surface area (TPSA) is 58.5 Å². The molecule has 0 spiro atoms. The summed E-state index contributed by atoms with van der Waals surface area (Å²) in [6.07, 6.45) is -0.659. The summed E-state index contributed by atoms with van der Waals surface area (Å²) in [6.45, 7) is 2.91. The lowest BCUT2D eigenvalue weighted by Gasteiger charge is -2.16. The minimum atomic E-state index is -0.487. The van der Waals surface area contributed by atoms with Gasteiger partial charge in [-0.25, -0.2) is 9.97 Å². The average molecular weight is 244 g/mol. The average Bonchev–Trinajstić information content (AvgIpc) is 2.58. The van der Waals surface area contributed by atoms with Gasteiger partial charge >= 0.3 is 0 Å². The molecule has 16 heavy (non-hydrogen) atoms. The van der Waals surface area contributed by atoms with E-state index in [0.29, 0.717) is 24.1 Å². The molecule has 1 aromatic rings. The number of hydrogen-bond acceptors (Lipinski definition) is 5. The summed E-state index contributed by atoms with van der Waals surface area (Å²) < 4.78 is 5.17. The Labute approximate surface area is 99.0 Å². The lowest BCUT2D eigenvalue weighted by Crippen LogP contribution is -2.25. The van der Waals surface area contributed by atoms with Crippen LogP contribution in [0.3, 0.4) is 0 Å². The molecule has 1 aliphatic heterocycles.